The SMILES string of the molecule is CN(Cc1cc(Br)cs1)C(=O)c1cc(O)ccc1N. The highest BCUT2D eigenvalue weighted by Crippen LogP contribution is 2.23. The van der Waals surface area contributed by atoms with Gasteiger partial charge in [0.1, 0.15) is 5.75 Å². The lowest BCUT2D eigenvalue weighted by Gasteiger charge is -2.17. The molecule has 0 bridgehead atoms. The minimum Gasteiger partial charge on any atom is -0.508 e. The zero-order chi connectivity index (χ0) is 14.0. The molecule has 0 saturated heterocycles. The normalized spacial score (nSPS) is 10.4. The molecule has 0 spiro atoms. The molecule has 0 aliphatic rings. The second kappa shape index (κ2) is 5.63. The molecule has 2 aromatic rings. The minimum atomic E-state index is -0.210. The standard InChI is InChI=1S/C13H13BrN2O2S/c1-16(6-10-4-8(14)7-19-10)13(18)11-5-9(17)2-3-12(11)15/h2-5,7,17H,6,15H2,1H3. The lowest BCUT2D eigenvalue weighted by Crippen LogP contribution is -2.26. The number of halogens is 1. The average molecular weight is 341 g/mol. The van der Waals surface area contributed by atoms with Gasteiger partial charge in [0.15, 0.2) is 0 Å². The number of hydrogen-bond donors (Lipinski definition) is 2. The monoisotopic (exact) mass is 340 g/mol. The molecule has 0 unspecified atom stereocenters. The summed E-state index contributed by atoms with van der Waals surface area (Å²) in [7, 11) is 1.71. The molecule has 0 saturated carbocycles. The second-order valence-corrected chi connectivity index (χ2v) is 6.08. The van der Waals surface area contributed by atoms with Crippen LogP contribution in [0.3, 0.4) is 0 Å². The zero-order valence-electron chi connectivity index (χ0n) is 10.3. The molecule has 0 radical (unpaired) electrons. The van der Waals surface area contributed by atoms with Gasteiger partial charge in [0.05, 0.1) is 12.1 Å². The minimum absolute atomic E-state index is 0.0322. The summed E-state index contributed by atoms with van der Waals surface area (Å²) in [6, 6.07) is 6.35. The summed E-state index contributed by atoms with van der Waals surface area (Å²) in [5.74, 6) is -0.178. The van der Waals surface area contributed by atoms with Gasteiger partial charge in [0.2, 0.25) is 0 Å². The van der Waals surface area contributed by atoms with Gasteiger partial charge in [-0.3, -0.25) is 4.79 Å². The van der Waals surface area contributed by atoms with Gasteiger partial charge in [0.25, 0.3) is 5.91 Å². The molecule has 4 nitrogen and oxygen atoms in total. The van der Waals surface area contributed by atoms with Crippen LogP contribution >= 0.6 is 27.3 Å². The van der Waals surface area contributed by atoms with Crippen LogP contribution in [0.1, 0.15) is 15.2 Å². The number of amides is 1. The van der Waals surface area contributed by atoms with Crippen LogP contribution in [0.5, 0.6) is 5.75 Å². The van der Waals surface area contributed by atoms with Gasteiger partial charge in [-0.1, -0.05) is 0 Å². The number of thiophene rings is 1. The molecule has 0 aliphatic carbocycles. The van der Waals surface area contributed by atoms with Gasteiger partial charge < -0.3 is 15.7 Å². The number of anilines is 1. The third-order valence-electron chi connectivity index (χ3n) is 2.63. The highest BCUT2D eigenvalue weighted by Gasteiger charge is 2.16. The summed E-state index contributed by atoms with van der Waals surface area (Å²) in [4.78, 5) is 14.9. The van der Waals surface area contributed by atoms with Crippen molar-refractivity contribution in [2.45, 2.75) is 6.54 Å². The predicted molar refractivity (Wildman–Crippen MR) is 80.3 cm³/mol. The van der Waals surface area contributed by atoms with E-state index in [1.54, 1.807) is 23.3 Å². The Kier molecular flexibility index (Phi) is 4.11. The van der Waals surface area contributed by atoms with Crippen molar-refractivity contribution < 1.29 is 9.90 Å². The summed E-state index contributed by atoms with van der Waals surface area (Å²) < 4.78 is 1.00. The summed E-state index contributed by atoms with van der Waals surface area (Å²) in [6.07, 6.45) is 0. The van der Waals surface area contributed by atoms with E-state index in [-0.39, 0.29) is 11.7 Å². The maximum Gasteiger partial charge on any atom is 0.256 e. The number of nitrogen functional groups attached to an aromatic ring is 1. The number of carbonyl (C=O) groups is 1. The highest BCUT2D eigenvalue weighted by atomic mass is 79.9. The van der Waals surface area contributed by atoms with Crippen LogP contribution in [0.15, 0.2) is 34.1 Å². The van der Waals surface area contributed by atoms with Gasteiger partial charge in [-0.2, -0.15) is 0 Å². The number of nitrogens with zero attached hydrogens (tertiary/aromatic N) is 1. The Labute approximate surface area is 123 Å². The van der Waals surface area contributed by atoms with Crippen molar-refractivity contribution in [1.29, 1.82) is 0 Å². The molecule has 1 heterocycles. The number of benzene rings is 1. The fourth-order valence-electron chi connectivity index (χ4n) is 1.68. The summed E-state index contributed by atoms with van der Waals surface area (Å²) in [6.45, 7) is 0.504. The molecule has 3 N–H and O–H groups in total. The maximum atomic E-state index is 12.3. The molecule has 100 valence electrons. The summed E-state index contributed by atoms with van der Waals surface area (Å²) in [5.41, 5.74) is 6.44. The van der Waals surface area contributed by atoms with E-state index in [0.29, 0.717) is 17.8 Å². The van der Waals surface area contributed by atoms with E-state index in [4.69, 9.17) is 5.73 Å². The zero-order valence-corrected chi connectivity index (χ0v) is 12.7. The van der Waals surface area contributed by atoms with Crippen LogP contribution in [0.2, 0.25) is 0 Å². The fraction of sp³-hybridized carbons (Fsp3) is 0.154. The van der Waals surface area contributed by atoms with E-state index < -0.39 is 0 Å². The van der Waals surface area contributed by atoms with E-state index in [1.165, 1.54) is 18.2 Å². The maximum absolute atomic E-state index is 12.3. The smallest absolute Gasteiger partial charge is 0.256 e. The van der Waals surface area contributed by atoms with Gasteiger partial charge in [-0.05, 0) is 40.2 Å². The molecule has 6 heteroatoms. The first-order valence-corrected chi connectivity index (χ1v) is 7.21. The number of hydrogen-bond acceptors (Lipinski definition) is 4. The van der Waals surface area contributed by atoms with Crippen LogP contribution in [-0.2, 0) is 6.54 Å². The number of phenolic OH excluding ortho intramolecular Hbond substituents is 1. The number of nitrogens with two attached hydrogens (primary N) is 1. The Bertz CT molecular complexity index is 612. The molecule has 0 fully saturated rings. The summed E-state index contributed by atoms with van der Waals surface area (Å²) >= 11 is 4.96. The lowest BCUT2D eigenvalue weighted by molar-refractivity contribution is 0.0787. The average Bonchev–Trinajstić information content (AvgIpc) is 2.77. The van der Waals surface area contributed by atoms with E-state index in [1.807, 2.05) is 11.4 Å². The first-order valence-electron chi connectivity index (χ1n) is 5.54. The van der Waals surface area contributed by atoms with Gasteiger partial charge in [-0.15, -0.1) is 11.3 Å². The molecule has 19 heavy (non-hydrogen) atoms. The largest absolute Gasteiger partial charge is 0.508 e. The van der Waals surface area contributed by atoms with E-state index in [9.17, 15) is 9.90 Å². The third-order valence-corrected chi connectivity index (χ3v) is 4.31. The van der Waals surface area contributed by atoms with Crippen molar-refractivity contribution in [1.82, 2.24) is 4.90 Å². The van der Waals surface area contributed by atoms with Crippen molar-refractivity contribution in [2.24, 2.45) is 0 Å². The molecule has 0 atom stereocenters. The van der Waals surface area contributed by atoms with Crippen molar-refractivity contribution in [3.8, 4) is 5.75 Å². The highest BCUT2D eigenvalue weighted by molar-refractivity contribution is 9.10. The van der Waals surface area contributed by atoms with Gasteiger partial charge >= 0.3 is 0 Å². The lowest BCUT2D eigenvalue weighted by atomic mass is 10.1. The molecule has 2 rings (SSSR count). The molecular weight excluding hydrogens is 328 g/mol. The quantitative estimate of drug-likeness (QED) is 0.666. The van der Waals surface area contributed by atoms with E-state index in [2.05, 4.69) is 15.9 Å². The Morgan fingerprint density at radius 1 is 1.47 bits per heavy atom. The molecule has 1 aromatic heterocycles. The third kappa shape index (κ3) is 3.27. The van der Waals surface area contributed by atoms with Gasteiger partial charge in [-0.25, -0.2) is 0 Å². The predicted octanol–water partition coefficient (Wildman–Crippen LogP) is 3.07. The molecule has 1 aromatic carbocycles. The number of phenols is 1. The number of aromatic hydroxyl groups is 1. The number of rotatable bonds is 3. The first-order chi connectivity index (χ1) is 8.97. The molecule has 1 amide bonds. The van der Waals surface area contributed by atoms with E-state index >= 15 is 0 Å². The van der Waals surface area contributed by atoms with Crippen LogP contribution in [-0.4, -0.2) is 23.0 Å². The summed E-state index contributed by atoms with van der Waals surface area (Å²) in [5, 5.41) is 11.4. The van der Waals surface area contributed by atoms with Crippen LogP contribution in [0, 0.1) is 0 Å². The second-order valence-electron chi connectivity index (χ2n) is 4.16. The van der Waals surface area contributed by atoms with Gasteiger partial charge in [0, 0.05) is 27.5 Å². The van der Waals surface area contributed by atoms with Crippen LogP contribution in [0.25, 0.3) is 0 Å². The van der Waals surface area contributed by atoms with E-state index in [0.717, 1.165) is 9.35 Å². The number of carbonyl (C=O) groups excluding carboxylic acids is 1. The Morgan fingerprint density at radius 2 is 2.21 bits per heavy atom. The van der Waals surface area contributed by atoms with Crippen molar-refractivity contribution >= 4 is 38.9 Å². The van der Waals surface area contributed by atoms with Crippen molar-refractivity contribution in [3.05, 3.63) is 44.6 Å². The van der Waals surface area contributed by atoms with Crippen LogP contribution < -0.4 is 5.73 Å². The van der Waals surface area contributed by atoms with Crippen LogP contribution in [0.4, 0.5) is 5.69 Å². The fourth-order valence-corrected chi connectivity index (χ4v) is 3.18. The van der Waals surface area contributed by atoms with Crippen molar-refractivity contribution in [2.75, 3.05) is 12.8 Å². The van der Waals surface area contributed by atoms with Crippen molar-refractivity contribution in [3.63, 3.8) is 0 Å². The Morgan fingerprint density at radius 3 is 2.84 bits per heavy atom. The Hall–Kier alpha value is -1.53. The first kappa shape index (κ1) is 13.9. The molecular formula is C13H13BrN2O2S. The topological polar surface area (TPSA) is 66.6 Å². The molecule has 0 aliphatic heterocycles. The Balaban J connectivity index is 2.16.